The van der Waals surface area contributed by atoms with Crippen molar-refractivity contribution in [2.75, 3.05) is 27.4 Å². The quantitative estimate of drug-likeness (QED) is 0.694. The molecule has 0 aliphatic rings. The van der Waals surface area contributed by atoms with E-state index in [2.05, 4.69) is 11.8 Å². The van der Waals surface area contributed by atoms with E-state index in [0.29, 0.717) is 17.2 Å². The van der Waals surface area contributed by atoms with Crippen molar-refractivity contribution in [3.8, 4) is 29.1 Å². The molecule has 1 heterocycles. The summed E-state index contributed by atoms with van der Waals surface area (Å²) in [4.78, 5) is 2.18. The number of ether oxygens (including phenoxy) is 3. The highest BCUT2D eigenvalue weighted by Crippen LogP contribution is 2.36. The van der Waals surface area contributed by atoms with Gasteiger partial charge in [-0.2, -0.15) is 0 Å². The Morgan fingerprint density at radius 2 is 1.92 bits per heavy atom. The Bertz CT molecular complexity index is 774. The predicted molar refractivity (Wildman–Crippen MR) is 104 cm³/mol. The number of methoxy groups -OCH3 is 2. The highest BCUT2D eigenvalue weighted by Gasteiger charge is 2.16. The molecular weight excluding hydrogens is 350 g/mol. The third-order valence-corrected chi connectivity index (χ3v) is 4.90. The average molecular weight is 375 g/mol. The van der Waals surface area contributed by atoms with Gasteiger partial charge in [0.25, 0.3) is 0 Å². The molecular formula is C20H25NO4S. The summed E-state index contributed by atoms with van der Waals surface area (Å²) in [7, 11) is 3.16. The lowest BCUT2D eigenvalue weighted by molar-refractivity contribution is 0.201. The van der Waals surface area contributed by atoms with Crippen LogP contribution in [0.2, 0.25) is 0 Å². The number of para-hydroxylation sites is 1. The second-order valence-corrected chi connectivity index (χ2v) is 7.33. The van der Waals surface area contributed by atoms with Crippen LogP contribution in [0.3, 0.4) is 0 Å². The van der Waals surface area contributed by atoms with Crippen LogP contribution in [0, 0.1) is 11.8 Å². The molecule has 0 saturated heterocycles. The molecule has 1 aromatic carbocycles. The van der Waals surface area contributed by atoms with Gasteiger partial charge < -0.3 is 25.1 Å². The minimum absolute atomic E-state index is 0.0177. The Morgan fingerprint density at radius 1 is 1.15 bits per heavy atom. The number of benzene rings is 1. The first-order valence-electron chi connectivity index (χ1n) is 8.30. The van der Waals surface area contributed by atoms with Crippen molar-refractivity contribution in [3.05, 3.63) is 40.1 Å². The number of aliphatic hydroxyl groups is 1. The number of aryl methyl sites for hydroxylation is 1. The van der Waals surface area contributed by atoms with Crippen molar-refractivity contribution in [2.24, 2.45) is 5.73 Å². The molecule has 0 radical (unpaired) electrons. The van der Waals surface area contributed by atoms with Crippen molar-refractivity contribution in [3.63, 3.8) is 0 Å². The van der Waals surface area contributed by atoms with Gasteiger partial charge in [0.2, 0.25) is 5.75 Å². The van der Waals surface area contributed by atoms with Crippen LogP contribution < -0.4 is 19.9 Å². The number of hydrogen-bond donors (Lipinski definition) is 2. The van der Waals surface area contributed by atoms with Gasteiger partial charge in [-0.1, -0.05) is 17.9 Å². The van der Waals surface area contributed by atoms with Gasteiger partial charge in [0.05, 0.1) is 25.7 Å². The molecule has 2 aromatic rings. The normalized spacial score (nSPS) is 12.7. The van der Waals surface area contributed by atoms with Gasteiger partial charge in [-0.25, -0.2) is 0 Å². The molecule has 0 saturated carbocycles. The highest BCUT2D eigenvalue weighted by molar-refractivity contribution is 7.12. The zero-order valence-electron chi connectivity index (χ0n) is 15.4. The maximum atomic E-state index is 9.21. The first kappa shape index (κ1) is 20.1. The smallest absolute Gasteiger partial charge is 0.203 e. The first-order valence-corrected chi connectivity index (χ1v) is 9.12. The van der Waals surface area contributed by atoms with E-state index in [1.54, 1.807) is 25.6 Å². The second kappa shape index (κ2) is 9.48. The first-order chi connectivity index (χ1) is 12.5. The fourth-order valence-corrected chi connectivity index (χ4v) is 3.16. The molecule has 0 fully saturated rings. The summed E-state index contributed by atoms with van der Waals surface area (Å²) >= 11 is 1.63. The minimum atomic E-state index is -0.542. The molecule has 5 nitrogen and oxygen atoms in total. The Labute approximate surface area is 158 Å². The van der Waals surface area contributed by atoms with Crippen LogP contribution in [0.5, 0.6) is 17.2 Å². The molecule has 3 N–H and O–H groups in total. The third-order valence-electron chi connectivity index (χ3n) is 3.84. The Balaban J connectivity index is 1.91. The fourth-order valence-electron chi connectivity index (χ4n) is 2.28. The van der Waals surface area contributed by atoms with Gasteiger partial charge in [0.15, 0.2) is 11.5 Å². The molecule has 0 amide bonds. The molecule has 1 aromatic heterocycles. The molecule has 0 aliphatic heterocycles. The molecule has 0 spiro atoms. The van der Waals surface area contributed by atoms with Crippen molar-refractivity contribution >= 4 is 11.3 Å². The van der Waals surface area contributed by atoms with E-state index in [0.717, 1.165) is 17.7 Å². The number of thiophene rings is 1. The Hall–Kier alpha value is -2.20. The lowest BCUT2D eigenvalue weighted by atomic mass is 9.98. The van der Waals surface area contributed by atoms with Crippen LogP contribution in [0.4, 0.5) is 0 Å². The van der Waals surface area contributed by atoms with Gasteiger partial charge in [-0.3, -0.25) is 0 Å². The lowest BCUT2D eigenvalue weighted by Gasteiger charge is -2.20. The monoisotopic (exact) mass is 375 g/mol. The summed E-state index contributed by atoms with van der Waals surface area (Å²) in [5.74, 6) is 7.89. The van der Waals surface area contributed by atoms with Crippen LogP contribution >= 0.6 is 11.3 Å². The van der Waals surface area contributed by atoms with E-state index in [4.69, 9.17) is 19.9 Å². The summed E-state index contributed by atoms with van der Waals surface area (Å²) in [5.41, 5.74) is 5.42. The van der Waals surface area contributed by atoms with Gasteiger partial charge in [-0.15, -0.1) is 11.3 Å². The van der Waals surface area contributed by atoms with Crippen molar-refractivity contribution in [1.29, 1.82) is 0 Å². The highest BCUT2D eigenvalue weighted by atomic mass is 32.1. The fraction of sp³-hybridized carbons (Fsp3) is 0.400. The minimum Gasteiger partial charge on any atom is -0.493 e. The van der Waals surface area contributed by atoms with Crippen LogP contribution in [0.1, 0.15) is 23.1 Å². The van der Waals surface area contributed by atoms with Crippen LogP contribution in [0.15, 0.2) is 30.3 Å². The zero-order valence-corrected chi connectivity index (χ0v) is 16.2. The van der Waals surface area contributed by atoms with Gasteiger partial charge in [0.1, 0.15) is 6.61 Å². The lowest BCUT2D eigenvalue weighted by Crippen LogP contribution is -2.40. The topological polar surface area (TPSA) is 73.9 Å². The molecule has 0 bridgehead atoms. The maximum absolute atomic E-state index is 9.21. The molecule has 140 valence electrons. The number of nitrogens with two attached hydrogens (primary N) is 1. The number of hydrogen-bond acceptors (Lipinski definition) is 6. The summed E-state index contributed by atoms with van der Waals surface area (Å²) in [6, 6.07) is 9.51. The van der Waals surface area contributed by atoms with Crippen LogP contribution in [-0.4, -0.2) is 38.1 Å². The van der Waals surface area contributed by atoms with E-state index in [1.165, 1.54) is 4.88 Å². The van der Waals surface area contributed by atoms with Gasteiger partial charge in [0, 0.05) is 10.4 Å². The van der Waals surface area contributed by atoms with E-state index < -0.39 is 5.54 Å². The molecule has 6 heteroatoms. The SMILES string of the molecule is COc1cccc(OCC#Cc2ccc(CCC(C)(N)CO)s2)c1OC. The van der Waals surface area contributed by atoms with Gasteiger partial charge in [-0.05, 0) is 44.0 Å². The largest absolute Gasteiger partial charge is 0.493 e. The molecule has 1 unspecified atom stereocenters. The predicted octanol–water partition coefficient (Wildman–Crippen LogP) is 2.84. The summed E-state index contributed by atoms with van der Waals surface area (Å²) in [6.45, 7) is 2.09. The van der Waals surface area contributed by atoms with Crippen LogP contribution in [-0.2, 0) is 6.42 Å². The number of aliphatic hydroxyl groups excluding tert-OH is 1. The van der Waals surface area contributed by atoms with E-state index in [1.807, 2.05) is 37.3 Å². The maximum Gasteiger partial charge on any atom is 0.203 e. The van der Waals surface area contributed by atoms with Gasteiger partial charge >= 0.3 is 0 Å². The molecule has 1 atom stereocenters. The third kappa shape index (κ3) is 5.67. The standard InChI is InChI=1S/C20H25NO4S/c1-20(21,14-22)12-11-16-10-9-15(26-16)6-5-13-25-18-8-4-7-17(23-2)19(18)24-3/h4,7-10,22H,11-14,21H2,1-3H3. The van der Waals surface area contributed by atoms with E-state index >= 15 is 0 Å². The van der Waals surface area contributed by atoms with Crippen molar-refractivity contribution < 1.29 is 19.3 Å². The Kier molecular flexibility index (Phi) is 7.34. The summed E-state index contributed by atoms with van der Waals surface area (Å²) < 4.78 is 16.3. The second-order valence-electron chi connectivity index (χ2n) is 6.16. The molecule has 0 aliphatic carbocycles. The van der Waals surface area contributed by atoms with Crippen molar-refractivity contribution in [2.45, 2.75) is 25.3 Å². The van der Waals surface area contributed by atoms with Crippen LogP contribution in [0.25, 0.3) is 0 Å². The molecule has 26 heavy (non-hydrogen) atoms. The summed E-state index contributed by atoms with van der Waals surface area (Å²) in [6.07, 6.45) is 1.56. The van der Waals surface area contributed by atoms with E-state index in [-0.39, 0.29) is 13.2 Å². The Morgan fingerprint density at radius 3 is 2.62 bits per heavy atom. The van der Waals surface area contributed by atoms with E-state index in [9.17, 15) is 5.11 Å². The zero-order chi connectivity index (χ0) is 19.0. The average Bonchev–Trinajstić information content (AvgIpc) is 3.11. The number of rotatable bonds is 8. The summed E-state index contributed by atoms with van der Waals surface area (Å²) in [5, 5.41) is 9.21. The molecule has 2 rings (SSSR count). The van der Waals surface area contributed by atoms with Crippen molar-refractivity contribution in [1.82, 2.24) is 0 Å².